The third-order valence-electron chi connectivity index (χ3n) is 5.47. The molecule has 4 rings (SSSR count). The van der Waals surface area contributed by atoms with Crippen LogP contribution in [-0.4, -0.2) is 28.7 Å². The van der Waals surface area contributed by atoms with E-state index in [0.717, 1.165) is 23.1 Å². The lowest BCUT2D eigenvalue weighted by Crippen LogP contribution is -2.56. The molecular formula is C24H23N3O4. The molecule has 0 saturated heterocycles. The molecule has 31 heavy (non-hydrogen) atoms. The molecule has 7 nitrogen and oxygen atoms in total. The number of benzene rings is 2. The van der Waals surface area contributed by atoms with Gasteiger partial charge in [-0.2, -0.15) is 0 Å². The first kappa shape index (κ1) is 20.4. The van der Waals surface area contributed by atoms with Crippen LogP contribution in [0.1, 0.15) is 44.5 Å². The number of amides is 3. The van der Waals surface area contributed by atoms with E-state index >= 15 is 0 Å². The normalized spacial score (nSPS) is 15.1. The van der Waals surface area contributed by atoms with Crippen LogP contribution in [0.5, 0.6) is 0 Å². The van der Waals surface area contributed by atoms with Crippen LogP contribution in [0.3, 0.4) is 0 Å². The van der Waals surface area contributed by atoms with E-state index < -0.39 is 17.9 Å². The number of furan rings is 1. The number of carbonyl (C=O) groups excluding carboxylic acids is 3. The summed E-state index contributed by atoms with van der Waals surface area (Å²) < 4.78 is 5.25. The monoisotopic (exact) mass is 417 g/mol. The van der Waals surface area contributed by atoms with Crippen molar-refractivity contribution < 1.29 is 18.8 Å². The summed E-state index contributed by atoms with van der Waals surface area (Å²) in [7, 11) is 0. The maximum atomic E-state index is 13.0. The maximum Gasteiger partial charge on any atom is 0.290 e. The van der Waals surface area contributed by atoms with Crippen LogP contribution in [0.4, 0.5) is 0 Å². The molecule has 2 N–H and O–H groups in total. The summed E-state index contributed by atoms with van der Waals surface area (Å²) >= 11 is 0. The predicted octanol–water partition coefficient (Wildman–Crippen LogP) is 2.87. The van der Waals surface area contributed by atoms with E-state index in [4.69, 9.17) is 4.42 Å². The summed E-state index contributed by atoms with van der Waals surface area (Å²) in [5.74, 6) is -1.09. The highest BCUT2D eigenvalue weighted by Gasteiger charge is 2.36. The smallest absolute Gasteiger partial charge is 0.290 e. The van der Waals surface area contributed by atoms with Gasteiger partial charge in [0.25, 0.3) is 17.7 Å². The van der Waals surface area contributed by atoms with Gasteiger partial charge in [0.15, 0.2) is 5.76 Å². The number of nitrogens with one attached hydrogen (secondary N) is 2. The number of carbonyl (C=O) groups is 3. The first-order valence-electron chi connectivity index (χ1n) is 10.2. The molecule has 158 valence electrons. The van der Waals surface area contributed by atoms with Crippen molar-refractivity contribution in [1.82, 2.24) is 15.8 Å². The number of hydrogen-bond donors (Lipinski definition) is 2. The summed E-state index contributed by atoms with van der Waals surface area (Å²) in [4.78, 5) is 39.8. The minimum atomic E-state index is -0.782. The zero-order valence-electron chi connectivity index (χ0n) is 17.1. The minimum absolute atomic E-state index is 0.164. The van der Waals surface area contributed by atoms with Crippen molar-refractivity contribution in [3.8, 4) is 0 Å². The second kappa shape index (κ2) is 8.87. The Morgan fingerprint density at radius 2 is 1.71 bits per heavy atom. The molecule has 0 radical (unpaired) electrons. The number of fused-ring (bicyclic) bond motifs is 1. The van der Waals surface area contributed by atoms with E-state index in [1.165, 1.54) is 11.2 Å². The second-order valence-corrected chi connectivity index (χ2v) is 7.39. The largest absolute Gasteiger partial charge is 0.459 e. The molecule has 1 unspecified atom stereocenters. The van der Waals surface area contributed by atoms with E-state index in [1.807, 2.05) is 43.3 Å². The lowest BCUT2D eigenvalue weighted by Gasteiger charge is -2.35. The Morgan fingerprint density at radius 1 is 0.968 bits per heavy atom. The highest BCUT2D eigenvalue weighted by Crippen LogP contribution is 2.25. The second-order valence-electron chi connectivity index (χ2n) is 7.39. The fraction of sp³-hybridized carbons (Fsp3) is 0.208. The molecular weight excluding hydrogens is 394 g/mol. The van der Waals surface area contributed by atoms with Crippen molar-refractivity contribution >= 4 is 17.7 Å². The summed E-state index contributed by atoms with van der Waals surface area (Å²) in [6, 6.07) is 17.3. The van der Waals surface area contributed by atoms with Gasteiger partial charge >= 0.3 is 0 Å². The fourth-order valence-electron chi connectivity index (χ4n) is 3.68. The van der Waals surface area contributed by atoms with E-state index in [-0.39, 0.29) is 18.2 Å². The topological polar surface area (TPSA) is 91.7 Å². The third-order valence-corrected chi connectivity index (χ3v) is 5.47. The van der Waals surface area contributed by atoms with Gasteiger partial charge in [0.1, 0.15) is 6.04 Å². The van der Waals surface area contributed by atoms with Gasteiger partial charge in [-0.3, -0.25) is 25.2 Å². The molecule has 1 aromatic heterocycles. The van der Waals surface area contributed by atoms with E-state index in [1.54, 1.807) is 24.3 Å². The van der Waals surface area contributed by atoms with Crippen LogP contribution < -0.4 is 10.9 Å². The maximum absolute atomic E-state index is 13.0. The Kier molecular flexibility index (Phi) is 5.84. The Bertz CT molecular complexity index is 1090. The Balaban J connectivity index is 1.49. The minimum Gasteiger partial charge on any atom is -0.459 e. The highest BCUT2D eigenvalue weighted by molar-refractivity contribution is 5.98. The number of aryl methyl sites for hydroxylation is 1. The average Bonchev–Trinajstić information content (AvgIpc) is 3.36. The highest BCUT2D eigenvalue weighted by atomic mass is 16.3. The quantitative estimate of drug-likeness (QED) is 0.639. The van der Waals surface area contributed by atoms with E-state index in [2.05, 4.69) is 10.9 Å². The molecule has 3 aromatic rings. The average molecular weight is 417 g/mol. The number of nitrogens with zero attached hydrogens (tertiary/aromatic N) is 1. The fourth-order valence-corrected chi connectivity index (χ4v) is 3.68. The van der Waals surface area contributed by atoms with Gasteiger partial charge in [0, 0.05) is 18.5 Å². The summed E-state index contributed by atoms with van der Waals surface area (Å²) in [6.45, 7) is 2.31. The molecule has 0 fully saturated rings. The van der Waals surface area contributed by atoms with Crippen molar-refractivity contribution in [2.75, 3.05) is 0 Å². The lowest BCUT2D eigenvalue weighted by atomic mass is 9.93. The molecule has 0 aliphatic carbocycles. The molecule has 1 aliphatic heterocycles. The van der Waals surface area contributed by atoms with Crippen LogP contribution in [0.15, 0.2) is 71.3 Å². The van der Waals surface area contributed by atoms with Crippen molar-refractivity contribution in [2.45, 2.75) is 32.4 Å². The Labute approximate surface area is 180 Å². The molecule has 1 aliphatic rings. The van der Waals surface area contributed by atoms with Crippen molar-refractivity contribution in [3.63, 3.8) is 0 Å². The third kappa shape index (κ3) is 4.35. The van der Waals surface area contributed by atoms with Crippen LogP contribution >= 0.6 is 0 Å². The molecule has 2 heterocycles. The molecule has 3 amide bonds. The zero-order valence-corrected chi connectivity index (χ0v) is 17.1. The molecule has 0 bridgehead atoms. The van der Waals surface area contributed by atoms with Gasteiger partial charge in [-0.05, 0) is 47.4 Å². The zero-order chi connectivity index (χ0) is 21.8. The van der Waals surface area contributed by atoms with Gasteiger partial charge in [0.2, 0.25) is 0 Å². The van der Waals surface area contributed by atoms with Crippen LogP contribution in [-0.2, 0) is 24.2 Å². The van der Waals surface area contributed by atoms with Gasteiger partial charge in [-0.1, -0.05) is 43.3 Å². The van der Waals surface area contributed by atoms with Crippen LogP contribution in [0.25, 0.3) is 0 Å². The van der Waals surface area contributed by atoms with Crippen molar-refractivity contribution in [3.05, 3.63) is 94.9 Å². The standard InChI is InChI=1S/C24H23N3O4/c1-2-16-9-11-17(12-10-16)22(28)25-26-23(29)20-14-18-6-3-4-7-19(18)15-27(20)24(30)21-8-5-13-31-21/h3-13,20H,2,14-15H2,1H3,(H,25,28)(H,26,29). The Hall–Kier alpha value is -3.87. The summed E-state index contributed by atoms with van der Waals surface area (Å²) in [5, 5.41) is 0. The molecule has 1 atom stereocenters. The van der Waals surface area contributed by atoms with Crippen molar-refractivity contribution in [2.24, 2.45) is 0 Å². The van der Waals surface area contributed by atoms with Gasteiger partial charge in [-0.25, -0.2) is 0 Å². The number of hydrazine groups is 1. The molecule has 2 aromatic carbocycles. The first-order chi connectivity index (χ1) is 15.1. The summed E-state index contributed by atoms with van der Waals surface area (Å²) in [5.41, 5.74) is 8.46. The molecule has 0 spiro atoms. The number of hydrogen-bond acceptors (Lipinski definition) is 4. The number of rotatable bonds is 4. The van der Waals surface area contributed by atoms with E-state index in [0.29, 0.717) is 12.0 Å². The molecule has 7 heteroatoms. The lowest BCUT2D eigenvalue weighted by molar-refractivity contribution is -0.127. The van der Waals surface area contributed by atoms with Crippen molar-refractivity contribution in [1.29, 1.82) is 0 Å². The van der Waals surface area contributed by atoms with Crippen LogP contribution in [0, 0.1) is 0 Å². The predicted molar refractivity (Wildman–Crippen MR) is 114 cm³/mol. The molecule has 0 saturated carbocycles. The van der Waals surface area contributed by atoms with E-state index in [9.17, 15) is 14.4 Å². The van der Waals surface area contributed by atoms with Gasteiger partial charge in [0.05, 0.1) is 6.26 Å². The first-order valence-corrected chi connectivity index (χ1v) is 10.2. The Morgan fingerprint density at radius 3 is 2.39 bits per heavy atom. The SMILES string of the molecule is CCc1ccc(C(=O)NNC(=O)C2Cc3ccccc3CN2C(=O)c2ccco2)cc1. The summed E-state index contributed by atoms with van der Waals surface area (Å²) in [6.07, 6.45) is 2.64. The van der Waals surface area contributed by atoms with Gasteiger partial charge in [-0.15, -0.1) is 0 Å². The van der Waals surface area contributed by atoms with Crippen LogP contribution in [0.2, 0.25) is 0 Å². The van der Waals surface area contributed by atoms with Gasteiger partial charge < -0.3 is 9.32 Å².